The molecule has 2 fully saturated rings. The third-order valence-electron chi connectivity index (χ3n) is 3.85. The number of ether oxygens (including phenoxy) is 1. The number of alkyl halides is 3. The van der Waals surface area contributed by atoms with E-state index in [1.807, 2.05) is 0 Å². The van der Waals surface area contributed by atoms with Crippen LogP contribution in [-0.4, -0.2) is 44.6 Å². The predicted octanol–water partition coefficient (Wildman–Crippen LogP) is 1.69. The first-order chi connectivity index (χ1) is 8.56. The van der Waals surface area contributed by atoms with Gasteiger partial charge in [-0.25, -0.2) is 0 Å². The molecule has 106 valence electrons. The largest absolute Gasteiger partial charge is 0.390 e. The van der Waals surface area contributed by atoms with Crippen molar-refractivity contribution in [1.29, 1.82) is 0 Å². The maximum absolute atomic E-state index is 12.1. The van der Waals surface area contributed by atoms with Gasteiger partial charge in [-0.15, -0.1) is 0 Å². The number of halogens is 3. The van der Waals surface area contributed by atoms with E-state index in [0.717, 1.165) is 32.4 Å². The number of morpholine rings is 1. The molecule has 0 aromatic rings. The lowest BCUT2D eigenvalue weighted by atomic mass is 9.94. The van der Waals surface area contributed by atoms with Gasteiger partial charge in [0.25, 0.3) is 0 Å². The first-order valence-corrected chi connectivity index (χ1v) is 6.67. The average molecular weight is 266 g/mol. The van der Waals surface area contributed by atoms with Crippen molar-refractivity contribution in [3.8, 4) is 0 Å². The molecule has 3 atom stereocenters. The molecule has 3 unspecified atom stereocenters. The Morgan fingerprint density at radius 1 is 1.28 bits per heavy atom. The molecular formula is C12H21F3N2O. The Kier molecular flexibility index (Phi) is 4.86. The van der Waals surface area contributed by atoms with Gasteiger partial charge in [-0.1, -0.05) is 6.42 Å². The highest BCUT2D eigenvalue weighted by Crippen LogP contribution is 2.29. The van der Waals surface area contributed by atoms with Crippen molar-refractivity contribution in [3.63, 3.8) is 0 Å². The second kappa shape index (κ2) is 6.21. The van der Waals surface area contributed by atoms with Crippen molar-refractivity contribution >= 4 is 0 Å². The molecule has 3 nitrogen and oxygen atoms in total. The molecule has 1 saturated carbocycles. The molecule has 0 aromatic heterocycles. The van der Waals surface area contributed by atoms with Gasteiger partial charge in [-0.3, -0.25) is 0 Å². The zero-order valence-electron chi connectivity index (χ0n) is 10.4. The number of hydrogen-bond acceptors (Lipinski definition) is 3. The van der Waals surface area contributed by atoms with Crippen LogP contribution >= 0.6 is 0 Å². The number of rotatable bonds is 4. The monoisotopic (exact) mass is 266 g/mol. The van der Waals surface area contributed by atoms with E-state index in [4.69, 9.17) is 4.74 Å². The van der Waals surface area contributed by atoms with Crippen LogP contribution < -0.4 is 10.6 Å². The normalized spacial score (nSPS) is 33.8. The molecule has 6 heteroatoms. The molecule has 0 bridgehead atoms. The predicted molar refractivity (Wildman–Crippen MR) is 62.4 cm³/mol. The fourth-order valence-corrected chi connectivity index (χ4v) is 2.98. The quantitative estimate of drug-likeness (QED) is 0.812. The van der Waals surface area contributed by atoms with E-state index in [1.165, 1.54) is 0 Å². The van der Waals surface area contributed by atoms with E-state index < -0.39 is 12.6 Å². The molecule has 1 aliphatic carbocycles. The summed E-state index contributed by atoms with van der Waals surface area (Å²) in [5, 5.41) is 6.48. The van der Waals surface area contributed by atoms with Gasteiger partial charge in [-0.05, 0) is 18.8 Å². The van der Waals surface area contributed by atoms with Gasteiger partial charge < -0.3 is 15.4 Å². The van der Waals surface area contributed by atoms with E-state index in [2.05, 4.69) is 10.6 Å². The standard InChI is InChI=1S/C12H21F3N2O/c13-12(14,15)4-5-16-10-3-1-2-9(10)11-8-18-7-6-17-11/h9-11,16-17H,1-8H2. The SMILES string of the molecule is FC(F)(F)CCNC1CCCC1C1COCCN1. The highest BCUT2D eigenvalue weighted by atomic mass is 19.4. The molecule has 1 saturated heterocycles. The van der Waals surface area contributed by atoms with Crippen LogP contribution in [-0.2, 0) is 4.74 Å². The molecule has 0 aromatic carbocycles. The molecule has 1 heterocycles. The number of nitrogens with one attached hydrogen (secondary N) is 2. The van der Waals surface area contributed by atoms with Crippen molar-refractivity contribution in [2.45, 2.75) is 43.9 Å². The average Bonchev–Trinajstić information content (AvgIpc) is 2.77. The van der Waals surface area contributed by atoms with Gasteiger partial charge in [0.1, 0.15) is 0 Å². The second-order valence-electron chi connectivity index (χ2n) is 5.16. The number of hydrogen-bond donors (Lipinski definition) is 2. The van der Waals surface area contributed by atoms with Crippen LogP contribution in [0.3, 0.4) is 0 Å². The van der Waals surface area contributed by atoms with Crippen LogP contribution in [0.15, 0.2) is 0 Å². The molecule has 18 heavy (non-hydrogen) atoms. The van der Waals surface area contributed by atoms with Crippen molar-refractivity contribution < 1.29 is 17.9 Å². The summed E-state index contributed by atoms with van der Waals surface area (Å²) in [7, 11) is 0. The van der Waals surface area contributed by atoms with E-state index >= 15 is 0 Å². The minimum Gasteiger partial charge on any atom is -0.379 e. The van der Waals surface area contributed by atoms with Gasteiger partial charge in [-0.2, -0.15) is 13.2 Å². The van der Waals surface area contributed by atoms with E-state index in [0.29, 0.717) is 18.6 Å². The Labute approximate surface area is 105 Å². The molecule has 2 N–H and O–H groups in total. The van der Waals surface area contributed by atoms with Gasteiger partial charge >= 0.3 is 6.18 Å². The van der Waals surface area contributed by atoms with Crippen LogP contribution in [0.1, 0.15) is 25.7 Å². The zero-order chi connectivity index (χ0) is 13.0. The van der Waals surface area contributed by atoms with Gasteiger partial charge in [0.05, 0.1) is 19.6 Å². The Morgan fingerprint density at radius 3 is 2.78 bits per heavy atom. The van der Waals surface area contributed by atoms with Gasteiger partial charge in [0.15, 0.2) is 0 Å². The Balaban J connectivity index is 1.76. The first kappa shape index (κ1) is 14.1. The summed E-state index contributed by atoms with van der Waals surface area (Å²) in [6, 6.07) is 0.496. The summed E-state index contributed by atoms with van der Waals surface area (Å²) in [5.74, 6) is 0.401. The van der Waals surface area contributed by atoms with Crippen molar-refractivity contribution in [2.75, 3.05) is 26.3 Å². The van der Waals surface area contributed by atoms with Crippen molar-refractivity contribution in [3.05, 3.63) is 0 Å². The van der Waals surface area contributed by atoms with Crippen LogP contribution in [0.4, 0.5) is 13.2 Å². The molecule has 2 aliphatic rings. The van der Waals surface area contributed by atoms with Crippen LogP contribution in [0, 0.1) is 5.92 Å². The van der Waals surface area contributed by atoms with E-state index in [-0.39, 0.29) is 12.6 Å². The minimum absolute atomic E-state index is 0.0260. The van der Waals surface area contributed by atoms with Crippen molar-refractivity contribution in [2.24, 2.45) is 5.92 Å². The molecule has 2 rings (SSSR count). The van der Waals surface area contributed by atoms with E-state index in [9.17, 15) is 13.2 Å². The molecule has 1 aliphatic heterocycles. The highest BCUT2D eigenvalue weighted by molar-refractivity contribution is 4.92. The third-order valence-corrected chi connectivity index (χ3v) is 3.85. The van der Waals surface area contributed by atoms with Gasteiger partial charge in [0, 0.05) is 25.2 Å². The fraction of sp³-hybridized carbons (Fsp3) is 1.00. The van der Waals surface area contributed by atoms with Crippen LogP contribution in [0.5, 0.6) is 0 Å². The third kappa shape index (κ3) is 4.10. The lowest BCUT2D eigenvalue weighted by Gasteiger charge is -2.33. The zero-order valence-corrected chi connectivity index (χ0v) is 10.4. The summed E-state index contributed by atoms with van der Waals surface area (Å²) >= 11 is 0. The minimum atomic E-state index is -4.06. The van der Waals surface area contributed by atoms with Crippen LogP contribution in [0.2, 0.25) is 0 Å². The lowest BCUT2D eigenvalue weighted by Crippen LogP contribution is -2.51. The second-order valence-corrected chi connectivity index (χ2v) is 5.16. The Bertz CT molecular complexity index is 254. The van der Waals surface area contributed by atoms with E-state index in [1.54, 1.807) is 0 Å². The highest BCUT2D eigenvalue weighted by Gasteiger charge is 2.35. The fourth-order valence-electron chi connectivity index (χ4n) is 2.98. The van der Waals surface area contributed by atoms with Gasteiger partial charge in [0.2, 0.25) is 0 Å². The molecule has 0 spiro atoms. The smallest absolute Gasteiger partial charge is 0.379 e. The Hall–Kier alpha value is -0.330. The summed E-state index contributed by atoms with van der Waals surface area (Å²) in [6.07, 6.45) is -1.67. The lowest BCUT2D eigenvalue weighted by molar-refractivity contribution is -0.133. The summed E-state index contributed by atoms with van der Waals surface area (Å²) in [4.78, 5) is 0. The molecule has 0 amide bonds. The molecular weight excluding hydrogens is 245 g/mol. The van der Waals surface area contributed by atoms with Crippen LogP contribution in [0.25, 0.3) is 0 Å². The maximum Gasteiger partial charge on any atom is 0.390 e. The summed E-state index contributed by atoms with van der Waals surface area (Å²) < 4.78 is 41.8. The Morgan fingerprint density at radius 2 is 2.11 bits per heavy atom. The first-order valence-electron chi connectivity index (χ1n) is 6.67. The topological polar surface area (TPSA) is 33.3 Å². The summed E-state index contributed by atoms with van der Waals surface area (Å²) in [5.41, 5.74) is 0. The van der Waals surface area contributed by atoms with Crippen molar-refractivity contribution in [1.82, 2.24) is 10.6 Å². The summed E-state index contributed by atoms with van der Waals surface area (Å²) in [6.45, 7) is 2.28. The maximum atomic E-state index is 12.1. The molecule has 0 radical (unpaired) electrons.